The summed E-state index contributed by atoms with van der Waals surface area (Å²) in [6.07, 6.45) is 5.98. The second-order valence-corrected chi connectivity index (χ2v) is 5.56. The van der Waals surface area contributed by atoms with Crippen molar-refractivity contribution in [2.24, 2.45) is 0 Å². The molecule has 0 heterocycles. The molecule has 148 valence electrons. The summed E-state index contributed by atoms with van der Waals surface area (Å²) in [5.74, 6) is -0.713. The number of nitrogens with one attached hydrogen (secondary N) is 2. The van der Waals surface area contributed by atoms with Gasteiger partial charge in [0.25, 0.3) is 0 Å². The molecular weight excluding hydrogens is 344 g/mol. The average molecular weight is 374 g/mol. The monoisotopic (exact) mass is 374 g/mol. The molecule has 0 aliphatic rings. The first-order valence-corrected chi connectivity index (χ1v) is 8.67. The third-order valence-corrected chi connectivity index (χ3v) is 3.72. The zero-order valence-corrected chi connectivity index (χ0v) is 15.9. The lowest BCUT2D eigenvalue weighted by atomic mass is 10.3. The number of carbonyl (C=O) groups is 3. The fraction of sp³-hybridized carbons (Fsp3) is 0.350. The predicted octanol–water partition coefficient (Wildman–Crippen LogP) is 0.997. The average Bonchev–Trinajstić information content (AvgIpc) is 2.69. The van der Waals surface area contributed by atoms with Gasteiger partial charge in [0.05, 0.1) is 0 Å². The van der Waals surface area contributed by atoms with Crippen molar-refractivity contribution < 1.29 is 14.4 Å². The molecule has 0 spiro atoms. The van der Waals surface area contributed by atoms with Gasteiger partial charge in [0, 0.05) is 45.0 Å². The molecule has 2 N–H and O–H groups in total. The van der Waals surface area contributed by atoms with Gasteiger partial charge < -0.3 is 20.4 Å². The Morgan fingerprint density at radius 3 is 1.63 bits per heavy atom. The molecule has 0 aromatic heterocycles. The molecule has 0 saturated carbocycles. The van der Waals surface area contributed by atoms with Crippen LogP contribution in [0.5, 0.6) is 0 Å². The summed E-state index contributed by atoms with van der Waals surface area (Å²) in [7, 11) is 0. The van der Waals surface area contributed by atoms with E-state index >= 15 is 0 Å². The highest BCUT2D eigenvalue weighted by atomic mass is 16.2. The van der Waals surface area contributed by atoms with Crippen molar-refractivity contribution in [2.45, 2.75) is 6.42 Å². The summed E-state index contributed by atoms with van der Waals surface area (Å²) in [5.41, 5.74) is 0.739. The van der Waals surface area contributed by atoms with Gasteiger partial charge in [-0.3, -0.25) is 14.4 Å². The van der Waals surface area contributed by atoms with E-state index in [1.165, 1.54) is 18.2 Å². The Bertz CT molecular complexity index is 534. The van der Waals surface area contributed by atoms with Crippen molar-refractivity contribution in [3.63, 3.8) is 0 Å². The van der Waals surface area contributed by atoms with Gasteiger partial charge in [0.15, 0.2) is 0 Å². The lowest BCUT2D eigenvalue weighted by Gasteiger charge is -2.27. The van der Waals surface area contributed by atoms with Gasteiger partial charge in [-0.1, -0.05) is 32.9 Å². The summed E-state index contributed by atoms with van der Waals surface area (Å²) >= 11 is 0. The van der Waals surface area contributed by atoms with Gasteiger partial charge in [-0.05, 0) is 30.7 Å². The highest BCUT2D eigenvalue weighted by Gasteiger charge is 2.12. The first-order valence-electron chi connectivity index (χ1n) is 8.67. The van der Waals surface area contributed by atoms with Crippen LogP contribution in [-0.4, -0.2) is 66.8 Å². The van der Waals surface area contributed by atoms with E-state index in [1.807, 2.05) is 4.90 Å². The van der Waals surface area contributed by atoms with Crippen molar-refractivity contribution in [2.75, 3.05) is 39.3 Å². The first-order chi connectivity index (χ1) is 12.9. The van der Waals surface area contributed by atoms with Crippen LogP contribution in [0.15, 0.2) is 62.9 Å². The van der Waals surface area contributed by atoms with Gasteiger partial charge in [-0.15, -0.1) is 0 Å². The molecule has 0 saturated heterocycles. The molecule has 7 heteroatoms. The van der Waals surface area contributed by atoms with Crippen molar-refractivity contribution in [1.82, 2.24) is 20.4 Å². The maximum atomic E-state index is 12.0. The number of hydrogen-bond acceptors (Lipinski definition) is 4. The Kier molecular flexibility index (Phi) is 12.5. The minimum absolute atomic E-state index is 0.199. The van der Waals surface area contributed by atoms with Crippen LogP contribution in [0.3, 0.4) is 0 Å². The molecule has 0 unspecified atom stereocenters. The molecule has 0 aromatic carbocycles. The fourth-order valence-corrected chi connectivity index (χ4v) is 2.21. The van der Waals surface area contributed by atoms with Crippen LogP contribution in [0.25, 0.3) is 0 Å². The van der Waals surface area contributed by atoms with E-state index in [9.17, 15) is 14.4 Å². The lowest BCUT2D eigenvalue weighted by molar-refractivity contribution is -0.126. The van der Waals surface area contributed by atoms with Crippen molar-refractivity contribution in [1.29, 1.82) is 0 Å². The Hall–Kier alpha value is -3.09. The van der Waals surface area contributed by atoms with E-state index in [-0.39, 0.29) is 17.7 Å². The highest BCUT2D eigenvalue weighted by molar-refractivity contribution is 5.88. The van der Waals surface area contributed by atoms with E-state index in [0.29, 0.717) is 45.7 Å². The van der Waals surface area contributed by atoms with E-state index in [1.54, 1.807) is 11.0 Å². The van der Waals surface area contributed by atoms with Crippen LogP contribution < -0.4 is 10.6 Å². The molecule has 3 amide bonds. The van der Waals surface area contributed by atoms with Crippen LogP contribution in [0.1, 0.15) is 6.42 Å². The maximum Gasteiger partial charge on any atom is 0.246 e. The number of amides is 3. The molecule has 0 rings (SSSR count). The topological polar surface area (TPSA) is 81.8 Å². The van der Waals surface area contributed by atoms with Crippen LogP contribution >= 0.6 is 0 Å². The molecule has 7 nitrogen and oxygen atoms in total. The molecule has 0 bridgehead atoms. The summed E-state index contributed by atoms with van der Waals surface area (Å²) in [6.45, 7) is 20.8. The lowest BCUT2D eigenvalue weighted by Crippen LogP contribution is -2.39. The van der Waals surface area contributed by atoms with E-state index in [2.05, 4.69) is 43.5 Å². The summed E-state index contributed by atoms with van der Waals surface area (Å²) < 4.78 is 0. The minimum Gasteiger partial charge on any atom is -0.370 e. The van der Waals surface area contributed by atoms with E-state index in [0.717, 1.165) is 5.70 Å². The van der Waals surface area contributed by atoms with Crippen LogP contribution in [0.2, 0.25) is 0 Å². The molecule has 0 aromatic rings. The van der Waals surface area contributed by atoms with Crippen LogP contribution in [-0.2, 0) is 14.4 Å². The van der Waals surface area contributed by atoms with E-state index < -0.39 is 0 Å². The minimum atomic E-state index is -0.281. The predicted molar refractivity (Wildman–Crippen MR) is 109 cm³/mol. The largest absolute Gasteiger partial charge is 0.370 e. The molecule has 0 aliphatic heterocycles. The van der Waals surface area contributed by atoms with Crippen molar-refractivity contribution >= 4 is 17.7 Å². The standard InChI is InChI=1S/C20H30N4O3/c1-6-17(5)23(15-11-21-18(25)7-2)13-10-14-24(20(27)9-4)16-12-22-19(26)8-3/h6-9H,1-5,10-16H2,(H,21,25)(H,22,26). The Balaban J connectivity index is 4.56. The third kappa shape index (κ3) is 10.5. The van der Waals surface area contributed by atoms with Crippen LogP contribution in [0, 0.1) is 0 Å². The van der Waals surface area contributed by atoms with Gasteiger partial charge >= 0.3 is 0 Å². The SMILES string of the molecule is C=CC(=C)N(CCCN(CCNC(=O)C=C)C(=O)C=C)CCNC(=O)C=C. The van der Waals surface area contributed by atoms with Crippen LogP contribution in [0.4, 0.5) is 0 Å². The van der Waals surface area contributed by atoms with Crippen molar-refractivity contribution in [3.8, 4) is 0 Å². The Morgan fingerprint density at radius 1 is 0.704 bits per heavy atom. The Labute approximate surface area is 161 Å². The molecule has 27 heavy (non-hydrogen) atoms. The fourth-order valence-electron chi connectivity index (χ4n) is 2.21. The quantitative estimate of drug-likeness (QED) is 0.331. The van der Waals surface area contributed by atoms with Gasteiger partial charge in [0.1, 0.15) is 0 Å². The number of allylic oxidation sites excluding steroid dienone is 1. The summed E-state index contributed by atoms with van der Waals surface area (Å²) in [6, 6.07) is 0. The third-order valence-electron chi connectivity index (χ3n) is 3.72. The second-order valence-electron chi connectivity index (χ2n) is 5.56. The van der Waals surface area contributed by atoms with Crippen molar-refractivity contribution in [3.05, 3.63) is 62.9 Å². The maximum absolute atomic E-state index is 12.0. The number of rotatable bonds is 15. The first kappa shape index (κ1) is 23.9. The highest BCUT2D eigenvalue weighted by Crippen LogP contribution is 2.04. The summed E-state index contributed by atoms with van der Waals surface area (Å²) in [5, 5.41) is 5.35. The van der Waals surface area contributed by atoms with E-state index in [4.69, 9.17) is 0 Å². The number of hydrogen-bond donors (Lipinski definition) is 2. The molecular formula is C20H30N4O3. The molecule has 0 atom stereocenters. The van der Waals surface area contributed by atoms with Gasteiger partial charge in [0.2, 0.25) is 17.7 Å². The molecule has 0 aliphatic carbocycles. The Morgan fingerprint density at radius 2 is 1.19 bits per heavy atom. The molecule has 0 radical (unpaired) electrons. The van der Waals surface area contributed by atoms with Gasteiger partial charge in [-0.2, -0.15) is 0 Å². The van der Waals surface area contributed by atoms with Gasteiger partial charge in [-0.25, -0.2) is 0 Å². The normalized spacial score (nSPS) is 9.48. The number of nitrogens with zero attached hydrogens (tertiary/aromatic N) is 2. The molecule has 0 fully saturated rings. The number of carbonyl (C=O) groups excluding carboxylic acids is 3. The second kappa shape index (κ2) is 14.1. The zero-order chi connectivity index (χ0) is 20.7. The zero-order valence-electron chi connectivity index (χ0n) is 15.9. The smallest absolute Gasteiger partial charge is 0.246 e. The summed E-state index contributed by atoms with van der Waals surface area (Å²) in [4.78, 5) is 38.0.